The molecule has 0 fully saturated rings. The van der Waals surface area contributed by atoms with Crippen LogP contribution in [0.2, 0.25) is 0 Å². The summed E-state index contributed by atoms with van der Waals surface area (Å²) in [6.07, 6.45) is 4.39. The first kappa shape index (κ1) is 14.5. The van der Waals surface area contributed by atoms with Gasteiger partial charge in [-0.1, -0.05) is 38.1 Å². The Bertz CT molecular complexity index is 841. The normalized spacial score (nSPS) is 11.8. The van der Waals surface area contributed by atoms with Gasteiger partial charge in [0.15, 0.2) is 4.96 Å². The van der Waals surface area contributed by atoms with Gasteiger partial charge in [0.1, 0.15) is 0 Å². The zero-order valence-electron chi connectivity index (χ0n) is 12.4. The maximum Gasteiger partial charge on any atom is 0.328 e. The molecule has 0 atom stereocenters. The van der Waals surface area contributed by atoms with Gasteiger partial charge in [0.05, 0.1) is 17.6 Å². The van der Waals surface area contributed by atoms with E-state index >= 15 is 0 Å². The predicted molar refractivity (Wildman–Crippen MR) is 89.3 cm³/mol. The van der Waals surface area contributed by atoms with Crippen LogP contribution in [-0.2, 0) is 4.79 Å². The van der Waals surface area contributed by atoms with Gasteiger partial charge < -0.3 is 5.11 Å². The van der Waals surface area contributed by atoms with Crippen molar-refractivity contribution in [3.63, 3.8) is 0 Å². The van der Waals surface area contributed by atoms with Gasteiger partial charge in [-0.3, -0.25) is 4.40 Å². The molecule has 0 bridgehead atoms. The van der Waals surface area contributed by atoms with Crippen LogP contribution in [0.25, 0.3) is 22.3 Å². The number of aromatic nitrogens is 2. The van der Waals surface area contributed by atoms with Gasteiger partial charge in [0, 0.05) is 11.5 Å². The smallest absolute Gasteiger partial charge is 0.328 e. The number of aliphatic carboxylic acids is 1. The molecule has 3 rings (SSSR count). The van der Waals surface area contributed by atoms with Crippen molar-refractivity contribution in [1.29, 1.82) is 0 Å². The van der Waals surface area contributed by atoms with E-state index < -0.39 is 5.97 Å². The monoisotopic (exact) mass is 312 g/mol. The minimum absolute atomic E-state index is 0.499. The molecule has 0 spiro atoms. The van der Waals surface area contributed by atoms with Gasteiger partial charge >= 0.3 is 5.97 Å². The first-order valence-corrected chi connectivity index (χ1v) is 7.90. The topological polar surface area (TPSA) is 54.6 Å². The Morgan fingerprint density at radius 2 is 2.05 bits per heavy atom. The summed E-state index contributed by atoms with van der Waals surface area (Å²) in [4.78, 5) is 15.9. The highest BCUT2D eigenvalue weighted by Gasteiger charge is 2.11. The Morgan fingerprint density at radius 3 is 2.68 bits per heavy atom. The van der Waals surface area contributed by atoms with E-state index in [1.165, 1.54) is 5.56 Å². The van der Waals surface area contributed by atoms with Crippen LogP contribution < -0.4 is 0 Å². The van der Waals surface area contributed by atoms with Crippen molar-refractivity contribution in [2.75, 3.05) is 0 Å². The standard InChI is InChI=1S/C17H16N2O2S/c1-11(2)12-3-5-13(6-4-12)15-10-22-17-18-9-14(19(15)17)7-8-16(20)21/h3-11H,1-2H3,(H,20,21)/b8-7+. The Kier molecular flexibility index (Phi) is 3.81. The van der Waals surface area contributed by atoms with Crippen molar-refractivity contribution in [2.24, 2.45) is 0 Å². The maximum absolute atomic E-state index is 10.7. The van der Waals surface area contributed by atoms with Gasteiger partial charge in [0.25, 0.3) is 0 Å². The number of imidazole rings is 1. The van der Waals surface area contributed by atoms with Gasteiger partial charge in [-0.2, -0.15) is 0 Å². The SMILES string of the molecule is CC(C)c1ccc(-c2csc3ncc(/C=C/C(=O)O)n23)cc1. The molecular formula is C17H16N2O2S. The lowest BCUT2D eigenvalue weighted by Crippen LogP contribution is -1.92. The van der Waals surface area contributed by atoms with E-state index in [0.29, 0.717) is 5.92 Å². The van der Waals surface area contributed by atoms with Crippen LogP contribution in [0.1, 0.15) is 31.0 Å². The molecular weight excluding hydrogens is 296 g/mol. The van der Waals surface area contributed by atoms with Crippen molar-refractivity contribution >= 4 is 28.3 Å². The van der Waals surface area contributed by atoms with E-state index in [-0.39, 0.29) is 0 Å². The average Bonchev–Trinajstić information content (AvgIpc) is 3.07. The van der Waals surface area contributed by atoms with Gasteiger partial charge in [-0.15, -0.1) is 11.3 Å². The average molecular weight is 312 g/mol. The maximum atomic E-state index is 10.7. The first-order chi connectivity index (χ1) is 10.6. The van der Waals surface area contributed by atoms with Gasteiger partial charge in [-0.05, 0) is 23.1 Å². The number of nitrogens with zero attached hydrogens (tertiary/aromatic N) is 2. The molecule has 0 aliphatic rings. The number of carboxylic acid groups (broad SMARTS) is 1. The molecule has 0 aliphatic heterocycles. The Balaban J connectivity index is 2.07. The number of hydrogen-bond donors (Lipinski definition) is 1. The van der Waals surface area contributed by atoms with Crippen molar-refractivity contribution in [1.82, 2.24) is 9.38 Å². The molecule has 22 heavy (non-hydrogen) atoms. The summed E-state index contributed by atoms with van der Waals surface area (Å²) in [5.41, 5.74) is 4.19. The fourth-order valence-corrected chi connectivity index (χ4v) is 3.23. The lowest BCUT2D eigenvalue weighted by molar-refractivity contribution is -0.131. The number of benzene rings is 1. The largest absolute Gasteiger partial charge is 0.478 e. The molecule has 0 saturated carbocycles. The molecule has 1 N–H and O–H groups in total. The van der Waals surface area contributed by atoms with Crippen LogP contribution >= 0.6 is 11.3 Å². The van der Waals surface area contributed by atoms with Crippen molar-refractivity contribution in [2.45, 2.75) is 19.8 Å². The molecule has 0 aliphatic carbocycles. The van der Waals surface area contributed by atoms with E-state index in [1.54, 1.807) is 23.6 Å². The van der Waals surface area contributed by atoms with Gasteiger partial charge in [0.2, 0.25) is 0 Å². The number of fused-ring (bicyclic) bond motifs is 1. The molecule has 112 valence electrons. The van der Waals surface area contributed by atoms with Crippen molar-refractivity contribution in [3.05, 3.63) is 53.2 Å². The number of thiazole rings is 1. The number of hydrogen-bond acceptors (Lipinski definition) is 3. The third-order valence-corrected chi connectivity index (χ3v) is 4.38. The third kappa shape index (κ3) is 2.67. The highest BCUT2D eigenvalue weighted by molar-refractivity contribution is 7.15. The van der Waals surface area contributed by atoms with Crippen LogP contribution in [0.3, 0.4) is 0 Å². The highest BCUT2D eigenvalue weighted by Crippen LogP contribution is 2.29. The molecule has 0 amide bonds. The Labute approximate surface area is 132 Å². The van der Waals surface area contributed by atoms with E-state index in [4.69, 9.17) is 5.11 Å². The number of carboxylic acids is 1. The second-order valence-corrected chi connectivity index (χ2v) is 6.21. The second-order valence-electron chi connectivity index (χ2n) is 5.37. The molecule has 0 saturated heterocycles. The van der Waals surface area contributed by atoms with Crippen LogP contribution in [-0.4, -0.2) is 20.5 Å². The summed E-state index contributed by atoms with van der Waals surface area (Å²) >= 11 is 1.54. The summed E-state index contributed by atoms with van der Waals surface area (Å²) in [5.74, 6) is -0.466. The highest BCUT2D eigenvalue weighted by atomic mass is 32.1. The van der Waals surface area contributed by atoms with E-state index in [9.17, 15) is 4.79 Å². The fourth-order valence-electron chi connectivity index (χ4n) is 2.34. The quantitative estimate of drug-likeness (QED) is 0.731. The minimum atomic E-state index is -0.965. The van der Waals surface area contributed by atoms with Crippen LogP contribution in [0.5, 0.6) is 0 Å². The lowest BCUT2D eigenvalue weighted by atomic mass is 10.0. The van der Waals surface area contributed by atoms with E-state index in [2.05, 4.69) is 43.1 Å². The Morgan fingerprint density at radius 1 is 1.32 bits per heavy atom. The summed E-state index contributed by atoms with van der Waals surface area (Å²) in [7, 11) is 0. The summed E-state index contributed by atoms with van der Waals surface area (Å²) in [6, 6.07) is 8.46. The van der Waals surface area contributed by atoms with Crippen LogP contribution in [0.15, 0.2) is 41.9 Å². The molecule has 4 nitrogen and oxygen atoms in total. The minimum Gasteiger partial charge on any atom is -0.478 e. The van der Waals surface area contributed by atoms with Crippen molar-refractivity contribution in [3.8, 4) is 11.3 Å². The van der Waals surface area contributed by atoms with Crippen LogP contribution in [0.4, 0.5) is 0 Å². The van der Waals surface area contributed by atoms with E-state index in [1.807, 2.05) is 9.78 Å². The Hall–Kier alpha value is -2.40. The first-order valence-electron chi connectivity index (χ1n) is 7.02. The zero-order chi connectivity index (χ0) is 15.7. The molecule has 5 heteroatoms. The molecule has 3 aromatic rings. The van der Waals surface area contributed by atoms with Crippen LogP contribution in [0, 0.1) is 0 Å². The van der Waals surface area contributed by atoms with Gasteiger partial charge in [-0.25, -0.2) is 9.78 Å². The molecule has 1 aromatic carbocycles. The zero-order valence-corrected chi connectivity index (χ0v) is 13.2. The third-order valence-electron chi connectivity index (χ3n) is 3.54. The molecule has 0 unspecified atom stereocenters. The van der Waals surface area contributed by atoms with Crippen molar-refractivity contribution < 1.29 is 9.90 Å². The molecule has 2 aromatic heterocycles. The number of rotatable bonds is 4. The summed E-state index contributed by atoms with van der Waals surface area (Å²) in [6.45, 7) is 4.34. The molecule has 2 heterocycles. The number of carbonyl (C=O) groups is 1. The van der Waals surface area contributed by atoms with E-state index in [0.717, 1.165) is 28.0 Å². The summed E-state index contributed by atoms with van der Waals surface area (Å²) < 4.78 is 1.98. The lowest BCUT2D eigenvalue weighted by Gasteiger charge is -2.07. The predicted octanol–water partition coefficient (Wildman–Crippen LogP) is 4.28. The molecule has 0 radical (unpaired) electrons. The second kappa shape index (κ2) is 5.77. The fraction of sp³-hybridized carbons (Fsp3) is 0.176. The summed E-state index contributed by atoms with van der Waals surface area (Å²) in [5, 5.41) is 10.8.